The Hall–Kier alpha value is -1.31. The van der Waals surface area contributed by atoms with Gasteiger partial charge in [-0.1, -0.05) is 0 Å². The number of ether oxygens (including phenoxy) is 1. The maximum atomic E-state index is 11.4. The third-order valence-corrected chi connectivity index (χ3v) is 4.40. The third kappa shape index (κ3) is 3.62. The van der Waals surface area contributed by atoms with E-state index in [1.54, 1.807) is 6.07 Å². The summed E-state index contributed by atoms with van der Waals surface area (Å²) >= 11 is 0. The lowest BCUT2D eigenvalue weighted by Crippen LogP contribution is -2.33. The van der Waals surface area contributed by atoms with Crippen LogP contribution >= 0.6 is 0 Å². The molecule has 6 nitrogen and oxygen atoms in total. The zero-order valence-corrected chi connectivity index (χ0v) is 12.4. The van der Waals surface area contributed by atoms with Gasteiger partial charge in [-0.2, -0.15) is 0 Å². The van der Waals surface area contributed by atoms with Crippen LogP contribution in [0.25, 0.3) is 0 Å². The Morgan fingerprint density at radius 3 is 2.75 bits per heavy atom. The van der Waals surface area contributed by atoms with Crippen LogP contribution in [-0.2, 0) is 14.8 Å². The monoisotopic (exact) mass is 299 g/mol. The smallest absolute Gasteiger partial charge is 0.238 e. The van der Waals surface area contributed by atoms with Crippen molar-refractivity contribution >= 4 is 21.4 Å². The van der Waals surface area contributed by atoms with Crippen LogP contribution in [0.5, 0.6) is 0 Å². The molecule has 0 bridgehead atoms. The fraction of sp³-hybridized carbons (Fsp3) is 0.538. The highest BCUT2D eigenvalue weighted by Gasteiger charge is 2.18. The van der Waals surface area contributed by atoms with Gasteiger partial charge in [0.25, 0.3) is 0 Å². The van der Waals surface area contributed by atoms with Crippen LogP contribution in [0.15, 0.2) is 23.1 Å². The molecule has 7 heteroatoms. The molecule has 1 aliphatic heterocycles. The van der Waals surface area contributed by atoms with Crippen LogP contribution in [0.1, 0.15) is 19.3 Å². The van der Waals surface area contributed by atoms with Gasteiger partial charge in [0.1, 0.15) is 0 Å². The van der Waals surface area contributed by atoms with Gasteiger partial charge in [0.05, 0.1) is 22.4 Å². The average Bonchev–Trinajstić information content (AvgIpc) is 2.39. The number of hydrogen-bond donors (Lipinski definition) is 2. The van der Waals surface area contributed by atoms with Crippen LogP contribution < -0.4 is 15.8 Å². The fourth-order valence-electron chi connectivity index (χ4n) is 2.39. The maximum Gasteiger partial charge on any atom is 0.238 e. The van der Waals surface area contributed by atoms with Crippen molar-refractivity contribution in [2.75, 3.05) is 30.8 Å². The van der Waals surface area contributed by atoms with Gasteiger partial charge in [-0.25, -0.2) is 13.6 Å². The van der Waals surface area contributed by atoms with Gasteiger partial charge in [-0.15, -0.1) is 0 Å². The van der Waals surface area contributed by atoms with Gasteiger partial charge in [0.15, 0.2) is 0 Å². The highest BCUT2D eigenvalue weighted by atomic mass is 32.2. The minimum absolute atomic E-state index is 0.0677. The quantitative estimate of drug-likeness (QED) is 0.806. The van der Waals surface area contributed by atoms with Crippen LogP contribution in [-0.4, -0.2) is 34.7 Å². The van der Waals surface area contributed by atoms with Crippen molar-refractivity contribution < 1.29 is 13.2 Å². The highest BCUT2D eigenvalue weighted by Crippen LogP contribution is 2.26. The van der Waals surface area contributed by atoms with E-state index in [9.17, 15) is 8.42 Å². The Morgan fingerprint density at radius 2 is 2.15 bits per heavy atom. The SMILES string of the molecule is CN(CC1CCCCO1)c1cc(S(N)(=O)=O)ccc1N. The molecule has 1 aliphatic rings. The zero-order chi connectivity index (χ0) is 14.8. The first-order valence-corrected chi connectivity index (χ1v) is 8.17. The van der Waals surface area contributed by atoms with Gasteiger partial charge < -0.3 is 15.4 Å². The lowest BCUT2D eigenvalue weighted by Gasteiger charge is -2.29. The van der Waals surface area contributed by atoms with E-state index in [4.69, 9.17) is 15.6 Å². The summed E-state index contributed by atoms with van der Waals surface area (Å²) in [4.78, 5) is 1.98. The molecule has 112 valence electrons. The van der Waals surface area contributed by atoms with Gasteiger partial charge in [-0.05, 0) is 37.5 Å². The molecular formula is C13H21N3O3S. The van der Waals surface area contributed by atoms with Crippen molar-refractivity contribution in [1.29, 1.82) is 0 Å². The molecule has 1 aromatic carbocycles. The first-order valence-electron chi connectivity index (χ1n) is 6.63. The van der Waals surface area contributed by atoms with Crippen LogP contribution in [0, 0.1) is 0 Å². The molecule has 20 heavy (non-hydrogen) atoms. The predicted molar refractivity (Wildman–Crippen MR) is 79.1 cm³/mol. The van der Waals surface area contributed by atoms with Crippen molar-refractivity contribution in [2.45, 2.75) is 30.3 Å². The first kappa shape index (κ1) is 15.1. The first-order chi connectivity index (χ1) is 9.38. The molecule has 1 aromatic rings. The molecule has 0 radical (unpaired) electrons. The van der Waals surface area contributed by atoms with Gasteiger partial charge >= 0.3 is 0 Å². The summed E-state index contributed by atoms with van der Waals surface area (Å²) < 4.78 is 28.5. The van der Waals surface area contributed by atoms with Crippen LogP contribution in [0.3, 0.4) is 0 Å². The van der Waals surface area contributed by atoms with E-state index in [2.05, 4.69) is 0 Å². The molecule has 0 aliphatic carbocycles. The lowest BCUT2D eigenvalue weighted by atomic mass is 10.1. The molecule has 1 atom stereocenters. The number of anilines is 2. The molecule has 0 amide bonds. The van der Waals surface area contributed by atoms with E-state index >= 15 is 0 Å². The third-order valence-electron chi connectivity index (χ3n) is 3.49. The minimum Gasteiger partial charge on any atom is -0.397 e. The van der Waals surface area contributed by atoms with E-state index in [0.29, 0.717) is 17.9 Å². The second-order valence-corrected chi connectivity index (χ2v) is 6.70. The summed E-state index contributed by atoms with van der Waals surface area (Å²) in [6, 6.07) is 4.49. The van der Waals surface area contributed by atoms with Gasteiger partial charge in [0.2, 0.25) is 10.0 Å². The molecule has 1 fully saturated rings. The predicted octanol–water partition coefficient (Wildman–Crippen LogP) is 0.921. The zero-order valence-electron chi connectivity index (χ0n) is 11.6. The molecule has 1 saturated heterocycles. The summed E-state index contributed by atoms with van der Waals surface area (Å²) in [6.07, 6.45) is 3.43. The van der Waals surface area contributed by atoms with E-state index in [0.717, 1.165) is 25.9 Å². The number of primary sulfonamides is 1. The molecule has 1 heterocycles. The number of sulfonamides is 1. The molecule has 2 rings (SSSR count). The summed E-state index contributed by atoms with van der Waals surface area (Å²) in [6.45, 7) is 1.46. The minimum atomic E-state index is -3.72. The van der Waals surface area contributed by atoms with Gasteiger partial charge in [-0.3, -0.25) is 0 Å². The van der Waals surface area contributed by atoms with Gasteiger partial charge in [0, 0.05) is 20.2 Å². The Kier molecular flexibility index (Phi) is 4.52. The molecule has 0 saturated carbocycles. The van der Waals surface area contributed by atoms with Crippen molar-refractivity contribution in [3.63, 3.8) is 0 Å². The Bertz CT molecular complexity index is 568. The largest absolute Gasteiger partial charge is 0.397 e. The summed E-state index contributed by atoms with van der Waals surface area (Å²) in [5.41, 5.74) is 7.10. The number of likely N-dealkylation sites (N-methyl/N-ethyl adjacent to an activating group) is 1. The van der Waals surface area contributed by atoms with Crippen LogP contribution in [0.2, 0.25) is 0 Å². The standard InChI is InChI=1S/C13H21N3O3S/c1-16(9-10-4-2-3-7-19-10)13-8-11(20(15,17)18)5-6-12(13)14/h5-6,8,10H,2-4,7,9,14H2,1H3,(H2,15,17,18). The molecule has 0 aromatic heterocycles. The van der Waals surface area contributed by atoms with E-state index in [-0.39, 0.29) is 11.0 Å². The molecular weight excluding hydrogens is 278 g/mol. The maximum absolute atomic E-state index is 11.4. The topological polar surface area (TPSA) is 98.6 Å². The summed E-state index contributed by atoms with van der Waals surface area (Å²) in [5, 5.41) is 5.15. The number of nitrogens with zero attached hydrogens (tertiary/aromatic N) is 1. The van der Waals surface area contributed by atoms with Crippen molar-refractivity contribution in [2.24, 2.45) is 5.14 Å². The number of benzene rings is 1. The Balaban J connectivity index is 2.17. The van der Waals surface area contributed by atoms with Crippen molar-refractivity contribution in [3.05, 3.63) is 18.2 Å². The number of nitrogen functional groups attached to an aromatic ring is 1. The highest BCUT2D eigenvalue weighted by molar-refractivity contribution is 7.89. The van der Waals surface area contributed by atoms with E-state index < -0.39 is 10.0 Å². The number of nitrogens with two attached hydrogens (primary N) is 2. The lowest BCUT2D eigenvalue weighted by molar-refractivity contribution is 0.0216. The Morgan fingerprint density at radius 1 is 1.40 bits per heavy atom. The average molecular weight is 299 g/mol. The molecule has 4 N–H and O–H groups in total. The summed E-state index contributed by atoms with van der Waals surface area (Å²) in [5.74, 6) is 0. The normalized spacial score (nSPS) is 19.8. The van der Waals surface area contributed by atoms with Crippen molar-refractivity contribution in [1.82, 2.24) is 0 Å². The molecule has 1 unspecified atom stereocenters. The number of rotatable bonds is 4. The van der Waals surface area contributed by atoms with E-state index in [1.165, 1.54) is 12.1 Å². The second kappa shape index (κ2) is 5.99. The fourth-order valence-corrected chi connectivity index (χ4v) is 2.92. The van der Waals surface area contributed by atoms with E-state index in [1.807, 2.05) is 11.9 Å². The molecule has 0 spiro atoms. The Labute approximate surface area is 119 Å². The summed E-state index contributed by atoms with van der Waals surface area (Å²) in [7, 11) is -1.85. The van der Waals surface area contributed by atoms with Crippen LogP contribution in [0.4, 0.5) is 11.4 Å². The number of hydrogen-bond acceptors (Lipinski definition) is 5. The second-order valence-electron chi connectivity index (χ2n) is 5.13. The van der Waals surface area contributed by atoms with Crippen molar-refractivity contribution in [3.8, 4) is 0 Å².